The molecule has 0 bridgehead atoms. The number of piperidine rings is 1. The third-order valence-electron chi connectivity index (χ3n) is 4.53. The molecule has 0 aliphatic carbocycles. The summed E-state index contributed by atoms with van der Waals surface area (Å²) in [5.41, 5.74) is 2.27. The van der Waals surface area contributed by atoms with Gasteiger partial charge in [0.2, 0.25) is 0 Å². The number of likely N-dealkylation sites (N-methyl/N-ethyl adjacent to an activating group) is 1. The molecule has 0 N–H and O–H groups in total. The maximum Gasteiger partial charge on any atom is 0.0549 e. The van der Waals surface area contributed by atoms with Crippen molar-refractivity contribution in [1.29, 1.82) is 0 Å². The minimum absolute atomic E-state index is 0.997. The van der Waals surface area contributed by atoms with Crippen molar-refractivity contribution in [3.05, 3.63) is 35.4 Å². The molecule has 5 heteroatoms. The predicted octanol–water partition coefficient (Wildman–Crippen LogP) is 2.09. The molecule has 0 unspecified atom stereocenters. The molecule has 2 aliphatic rings. The lowest BCUT2D eigenvalue weighted by atomic mass is 10.1. The van der Waals surface area contributed by atoms with Crippen LogP contribution >= 0.6 is 0 Å². The van der Waals surface area contributed by atoms with E-state index in [0.29, 0.717) is 0 Å². The molecule has 124 valence electrons. The normalized spacial score (nSPS) is 20.7. The minimum atomic E-state index is 0.997. The van der Waals surface area contributed by atoms with E-state index < -0.39 is 0 Å². The van der Waals surface area contributed by atoms with E-state index in [4.69, 9.17) is 0 Å². The van der Waals surface area contributed by atoms with Crippen LogP contribution in [0, 0.1) is 0 Å². The van der Waals surface area contributed by atoms with Gasteiger partial charge in [0.15, 0.2) is 0 Å². The van der Waals surface area contributed by atoms with Crippen LogP contribution in [0.5, 0.6) is 0 Å². The zero-order chi connectivity index (χ0) is 15.9. The van der Waals surface area contributed by atoms with E-state index in [-0.39, 0.29) is 0 Å². The molecule has 3 rings (SSSR count). The molecule has 0 atom stereocenters. The van der Waals surface area contributed by atoms with Crippen LogP contribution in [0.25, 0.3) is 0 Å². The second-order valence-electron chi connectivity index (χ2n) is 6.39. The summed E-state index contributed by atoms with van der Waals surface area (Å²) in [6.45, 7) is 6.31. The average molecular weight is 313 g/mol. The molecule has 0 spiro atoms. The fourth-order valence-corrected chi connectivity index (χ4v) is 2.94. The summed E-state index contributed by atoms with van der Waals surface area (Å²) >= 11 is 0. The Bertz CT molecular complexity index is 540. The molecule has 5 nitrogen and oxygen atoms in total. The molecule has 0 amide bonds. The third kappa shape index (κ3) is 4.79. The van der Waals surface area contributed by atoms with Gasteiger partial charge in [-0.05, 0) is 26.3 Å². The summed E-state index contributed by atoms with van der Waals surface area (Å²) in [6, 6.07) is 8.34. The maximum atomic E-state index is 4.65. The fourth-order valence-electron chi connectivity index (χ4n) is 2.94. The Hall–Kier alpha value is -1.88. The number of hydrogen-bond acceptors (Lipinski definition) is 5. The van der Waals surface area contributed by atoms with E-state index in [0.717, 1.165) is 50.4 Å². The second kappa shape index (κ2) is 8.11. The smallest absolute Gasteiger partial charge is 0.0549 e. The zero-order valence-electron chi connectivity index (χ0n) is 14.1. The van der Waals surface area contributed by atoms with Crippen LogP contribution in [-0.4, -0.2) is 73.7 Å². The van der Waals surface area contributed by atoms with Gasteiger partial charge >= 0.3 is 0 Å². The van der Waals surface area contributed by atoms with Crippen LogP contribution in [0.3, 0.4) is 0 Å². The van der Waals surface area contributed by atoms with E-state index in [1.54, 1.807) is 0 Å². The number of hydrazone groups is 2. The van der Waals surface area contributed by atoms with Gasteiger partial charge in [-0.15, -0.1) is 0 Å². The van der Waals surface area contributed by atoms with Gasteiger partial charge in [0, 0.05) is 50.4 Å². The Kier molecular flexibility index (Phi) is 5.64. The van der Waals surface area contributed by atoms with Crippen molar-refractivity contribution in [3.8, 4) is 0 Å². The standard InChI is InChI=1S/C18H27N5/c1-21-11-13-23(14-12-21)20-16-18-8-4-3-7-17(18)15-19-22-9-5-2-6-10-22/h3-4,7-8,15-16H,2,5-6,9-14H2,1H3. The first-order chi connectivity index (χ1) is 11.3. The predicted molar refractivity (Wildman–Crippen MR) is 96.1 cm³/mol. The van der Waals surface area contributed by atoms with E-state index in [9.17, 15) is 0 Å². The van der Waals surface area contributed by atoms with Gasteiger partial charge in [-0.1, -0.05) is 24.3 Å². The number of hydrogen-bond donors (Lipinski definition) is 0. The number of rotatable bonds is 4. The second-order valence-corrected chi connectivity index (χ2v) is 6.39. The first-order valence-electron chi connectivity index (χ1n) is 8.67. The Balaban J connectivity index is 1.64. The van der Waals surface area contributed by atoms with Crippen LogP contribution < -0.4 is 0 Å². The monoisotopic (exact) mass is 313 g/mol. The first kappa shape index (κ1) is 16.0. The van der Waals surface area contributed by atoms with Crippen molar-refractivity contribution in [2.75, 3.05) is 46.3 Å². The van der Waals surface area contributed by atoms with Crippen LogP contribution in [0.15, 0.2) is 34.5 Å². The molecule has 1 aromatic carbocycles. The highest BCUT2D eigenvalue weighted by Gasteiger charge is 2.11. The van der Waals surface area contributed by atoms with Crippen LogP contribution in [0.4, 0.5) is 0 Å². The van der Waals surface area contributed by atoms with Crippen LogP contribution in [-0.2, 0) is 0 Å². The zero-order valence-corrected chi connectivity index (χ0v) is 14.1. The number of nitrogens with zero attached hydrogens (tertiary/aromatic N) is 5. The number of piperazine rings is 1. The lowest BCUT2D eigenvalue weighted by molar-refractivity contribution is 0.159. The topological polar surface area (TPSA) is 34.4 Å². The van der Waals surface area contributed by atoms with E-state index in [1.165, 1.54) is 19.3 Å². The van der Waals surface area contributed by atoms with E-state index >= 15 is 0 Å². The molecular weight excluding hydrogens is 286 g/mol. The minimum Gasteiger partial charge on any atom is -0.303 e. The molecule has 2 saturated heterocycles. The third-order valence-corrected chi connectivity index (χ3v) is 4.53. The molecule has 2 heterocycles. The summed E-state index contributed by atoms with van der Waals surface area (Å²) in [6.07, 6.45) is 7.80. The maximum absolute atomic E-state index is 4.65. The molecule has 0 saturated carbocycles. The van der Waals surface area contributed by atoms with Crippen molar-refractivity contribution < 1.29 is 0 Å². The van der Waals surface area contributed by atoms with Gasteiger partial charge in [0.1, 0.15) is 0 Å². The SMILES string of the molecule is CN1CCN(N=Cc2ccccc2C=NN2CCCCC2)CC1. The summed E-state index contributed by atoms with van der Waals surface area (Å²) in [5, 5.41) is 13.6. The lowest BCUT2D eigenvalue weighted by Crippen LogP contribution is -2.41. The van der Waals surface area contributed by atoms with Crippen molar-refractivity contribution in [2.24, 2.45) is 10.2 Å². The Labute approximate surface area is 139 Å². The van der Waals surface area contributed by atoms with Gasteiger partial charge in [0.05, 0.1) is 12.4 Å². The van der Waals surface area contributed by atoms with Gasteiger partial charge in [-0.25, -0.2) is 0 Å². The molecule has 0 radical (unpaired) electrons. The summed E-state index contributed by atoms with van der Waals surface area (Å²) in [5.74, 6) is 0. The molecular formula is C18H27N5. The fraction of sp³-hybridized carbons (Fsp3) is 0.556. The van der Waals surface area contributed by atoms with Crippen molar-refractivity contribution in [1.82, 2.24) is 14.9 Å². The van der Waals surface area contributed by atoms with Crippen molar-refractivity contribution in [3.63, 3.8) is 0 Å². The summed E-state index contributed by atoms with van der Waals surface area (Å²) in [7, 11) is 2.16. The summed E-state index contributed by atoms with van der Waals surface area (Å²) in [4.78, 5) is 2.34. The average Bonchev–Trinajstić information content (AvgIpc) is 2.61. The Morgan fingerprint density at radius 1 is 0.739 bits per heavy atom. The highest BCUT2D eigenvalue weighted by atomic mass is 15.5. The lowest BCUT2D eigenvalue weighted by Gasteiger charge is -2.30. The van der Waals surface area contributed by atoms with Gasteiger partial charge < -0.3 is 4.90 Å². The molecule has 2 aliphatic heterocycles. The van der Waals surface area contributed by atoms with E-state index in [1.807, 2.05) is 12.4 Å². The Morgan fingerprint density at radius 2 is 1.26 bits per heavy atom. The van der Waals surface area contributed by atoms with Gasteiger partial charge in [-0.2, -0.15) is 10.2 Å². The Morgan fingerprint density at radius 3 is 1.83 bits per heavy atom. The van der Waals surface area contributed by atoms with E-state index in [2.05, 4.69) is 56.4 Å². The van der Waals surface area contributed by atoms with Crippen LogP contribution in [0.1, 0.15) is 30.4 Å². The quantitative estimate of drug-likeness (QED) is 0.798. The molecule has 0 aromatic heterocycles. The first-order valence-corrected chi connectivity index (χ1v) is 8.67. The van der Waals surface area contributed by atoms with Crippen LogP contribution in [0.2, 0.25) is 0 Å². The largest absolute Gasteiger partial charge is 0.303 e. The highest BCUT2D eigenvalue weighted by molar-refractivity contribution is 5.94. The molecule has 2 fully saturated rings. The van der Waals surface area contributed by atoms with Crippen molar-refractivity contribution >= 4 is 12.4 Å². The molecule has 23 heavy (non-hydrogen) atoms. The number of benzene rings is 1. The molecule has 1 aromatic rings. The van der Waals surface area contributed by atoms with Gasteiger partial charge in [0.25, 0.3) is 0 Å². The summed E-state index contributed by atoms with van der Waals surface area (Å²) < 4.78 is 0. The van der Waals surface area contributed by atoms with Gasteiger partial charge in [-0.3, -0.25) is 10.0 Å². The highest BCUT2D eigenvalue weighted by Crippen LogP contribution is 2.10. The van der Waals surface area contributed by atoms with Crippen molar-refractivity contribution in [2.45, 2.75) is 19.3 Å².